The third-order valence-electron chi connectivity index (χ3n) is 5.43. The first kappa shape index (κ1) is 39.3. The lowest BCUT2D eigenvalue weighted by molar-refractivity contribution is -0.156. The Morgan fingerprint density at radius 1 is 0.465 bits per heavy atom. The molecule has 0 saturated carbocycles. The number of hydrogen-bond acceptors (Lipinski definition) is 13. The smallest absolute Gasteiger partial charge is 0.334 e. The van der Waals surface area contributed by atoms with Crippen molar-refractivity contribution in [1.29, 1.82) is 0 Å². The van der Waals surface area contributed by atoms with Crippen molar-refractivity contribution in [2.75, 3.05) is 52.9 Å². The molecule has 43 heavy (non-hydrogen) atoms. The van der Waals surface area contributed by atoms with Gasteiger partial charge in [0, 0.05) is 11.1 Å². The second kappa shape index (κ2) is 23.8. The van der Waals surface area contributed by atoms with Crippen molar-refractivity contribution in [3.63, 3.8) is 0 Å². The highest BCUT2D eigenvalue weighted by Gasteiger charge is 2.32. The molecular formula is C30H46O13. The van der Waals surface area contributed by atoms with Crippen molar-refractivity contribution in [3.8, 4) is 0 Å². The SMILES string of the molecule is C=C(C(=O)OCCOCCOC(=O)C(=C)C(CC(=O)OCCC)C(=O)OCCC)C(CC(=O)OCCC)C(=O)OCCC. The number of hydrogen-bond donors (Lipinski definition) is 0. The molecule has 13 heteroatoms. The molecule has 0 amide bonds. The van der Waals surface area contributed by atoms with Gasteiger partial charge in [-0.2, -0.15) is 0 Å². The Morgan fingerprint density at radius 3 is 1.12 bits per heavy atom. The van der Waals surface area contributed by atoms with E-state index in [9.17, 15) is 28.8 Å². The van der Waals surface area contributed by atoms with E-state index in [1.165, 1.54) is 0 Å². The molecule has 0 spiro atoms. The standard InChI is InChI=1S/C30H46O13/c1-7-11-38-25(31)19-23(29(35)40-13-9-3)21(5)27(33)42-17-15-37-16-18-43-28(34)22(6)24(30(36)41-14-10-4)20-26(32)39-12-8-2/h23-24H,5-20H2,1-4H3. The lowest BCUT2D eigenvalue weighted by Crippen LogP contribution is -2.29. The maximum atomic E-state index is 12.4. The molecular weight excluding hydrogens is 568 g/mol. The van der Waals surface area contributed by atoms with Crippen LogP contribution in [0.4, 0.5) is 0 Å². The van der Waals surface area contributed by atoms with Gasteiger partial charge in [0.05, 0.1) is 64.3 Å². The molecule has 0 aliphatic carbocycles. The normalized spacial score (nSPS) is 11.8. The zero-order valence-electron chi connectivity index (χ0n) is 25.8. The summed E-state index contributed by atoms with van der Waals surface area (Å²) in [6.07, 6.45) is 1.46. The fraction of sp³-hybridized carbons (Fsp3) is 0.667. The molecule has 0 aromatic rings. The lowest BCUT2D eigenvalue weighted by atomic mass is 9.97. The first-order chi connectivity index (χ1) is 20.5. The predicted molar refractivity (Wildman–Crippen MR) is 152 cm³/mol. The first-order valence-electron chi connectivity index (χ1n) is 14.5. The molecule has 0 aliphatic rings. The Hall–Kier alpha value is -3.74. The van der Waals surface area contributed by atoms with E-state index in [4.69, 9.17) is 33.2 Å². The first-order valence-corrected chi connectivity index (χ1v) is 14.5. The van der Waals surface area contributed by atoms with Crippen LogP contribution >= 0.6 is 0 Å². The summed E-state index contributed by atoms with van der Waals surface area (Å²) in [5.74, 6) is -7.24. The average molecular weight is 615 g/mol. The van der Waals surface area contributed by atoms with Crippen molar-refractivity contribution in [1.82, 2.24) is 0 Å². The van der Waals surface area contributed by atoms with Gasteiger partial charge in [0.15, 0.2) is 0 Å². The molecule has 244 valence electrons. The largest absolute Gasteiger partial charge is 0.466 e. The van der Waals surface area contributed by atoms with E-state index in [0.29, 0.717) is 25.7 Å². The zero-order chi connectivity index (χ0) is 32.6. The molecule has 0 radical (unpaired) electrons. The van der Waals surface area contributed by atoms with E-state index in [1.807, 2.05) is 13.8 Å². The van der Waals surface area contributed by atoms with Crippen LogP contribution in [-0.2, 0) is 61.9 Å². The Morgan fingerprint density at radius 2 is 0.791 bits per heavy atom. The van der Waals surface area contributed by atoms with E-state index >= 15 is 0 Å². The molecule has 0 fully saturated rings. The fourth-order valence-electron chi connectivity index (χ4n) is 3.15. The second-order valence-electron chi connectivity index (χ2n) is 9.22. The minimum absolute atomic E-state index is 0.0871. The van der Waals surface area contributed by atoms with Gasteiger partial charge in [-0.3, -0.25) is 19.2 Å². The molecule has 13 nitrogen and oxygen atoms in total. The summed E-state index contributed by atoms with van der Waals surface area (Å²) in [6, 6.07) is 0. The van der Waals surface area contributed by atoms with Gasteiger partial charge in [0.1, 0.15) is 13.2 Å². The van der Waals surface area contributed by atoms with Crippen molar-refractivity contribution in [2.45, 2.75) is 66.2 Å². The molecule has 0 rings (SSSR count). The van der Waals surface area contributed by atoms with Crippen molar-refractivity contribution in [2.24, 2.45) is 11.8 Å². The third kappa shape index (κ3) is 17.1. The van der Waals surface area contributed by atoms with Crippen LogP contribution in [0.25, 0.3) is 0 Å². The number of ether oxygens (including phenoxy) is 7. The van der Waals surface area contributed by atoms with Crippen LogP contribution in [0.1, 0.15) is 66.2 Å². The predicted octanol–water partition coefficient (Wildman–Crippen LogP) is 3.03. The van der Waals surface area contributed by atoms with Gasteiger partial charge >= 0.3 is 35.8 Å². The fourth-order valence-corrected chi connectivity index (χ4v) is 3.15. The summed E-state index contributed by atoms with van der Waals surface area (Å²) in [4.78, 5) is 73.8. The number of carbonyl (C=O) groups excluding carboxylic acids is 6. The molecule has 0 heterocycles. The van der Waals surface area contributed by atoms with Crippen molar-refractivity contribution < 1.29 is 61.9 Å². The molecule has 0 bridgehead atoms. The quantitative estimate of drug-likeness (QED) is 0.0674. The molecule has 0 saturated heterocycles. The van der Waals surface area contributed by atoms with Crippen LogP contribution in [-0.4, -0.2) is 88.7 Å². The summed E-state index contributed by atoms with van der Waals surface area (Å²) in [6.45, 7) is 14.4. The second-order valence-corrected chi connectivity index (χ2v) is 9.22. The highest BCUT2D eigenvalue weighted by Crippen LogP contribution is 2.20. The topological polar surface area (TPSA) is 167 Å². The Bertz CT molecular complexity index is 866. The van der Waals surface area contributed by atoms with Gasteiger partial charge in [0.25, 0.3) is 0 Å². The molecule has 2 unspecified atom stereocenters. The summed E-state index contributed by atoms with van der Waals surface area (Å²) < 4.78 is 35.6. The van der Waals surface area contributed by atoms with Gasteiger partial charge < -0.3 is 33.2 Å². The summed E-state index contributed by atoms with van der Waals surface area (Å²) in [5, 5.41) is 0. The van der Waals surface area contributed by atoms with Gasteiger partial charge in [-0.05, 0) is 25.7 Å². The number of carbonyl (C=O) groups is 6. The molecule has 0 aromatic carbocycles. The van der Waals surface area contributed by atoms with Gasteiger partial charge in [-0.25, -0.2) is 9.59 Å². The molecule has 0 aliphatic heterocycles. The van der Waals surface area contributed by atoms with E-state index in [1.54, 1.807) is 13.8 Å². The summed E-state index contributed by atoms with van der Waals surface area (Å²) >= 11 is 0. The maximum absolute atomic E-state index is 12.4. The van der Waals surface area contributed by atoms with Crippen molar-refractivity contribution >= 4 is 35.8 Å². The van der Waals surface area contributed by atoms with Crippen LogP contribution in [0.15, 0.2) is 24.3 Å². The number of esters is 6. The van der Waals surface area contributed by atoms with Gasteiger partial charge in [-0.15, -0.1) is 0 Å². The third-order valence-corrected chi connectivity index (χ3v) is 5.43. The zero-order valence-corrected chi connectivity index (χ0v) is 25.8. The van der Waals surface area contributed by atoms with Crippen LogP contribution in [0, 0.1) is 11.8 Å². The van der Waals surface area contributed by atoms with Gasteiger partial charge in [-0.1, -0.05) is 40.9 Å². The van der Waals surface area contributed by atoms with E-state index in [2.05, 4.69) is 13.2 Å². The lowest BCUT2D eigenvalue weighted by Gasteiger charge is -2.17. The van der Waals surface area contributed by atoms with Crippen LogP contribution in [0.5, 0.6) is 0 Å². The minimum atomic E-state index is -1.26. The molecule has 0 N–H and O–H groups in total. The maximum Gasteiger partial charge on any atom is 0.334 e. The van der Waals surface area contributed by atoms with Gasteiger partial charge in [0.2, 0.25) is 0 Å². The highest BCUT2D eigenvalue weighted by atomic mass is 16.6. The summed E-state index contributed by atoms with van der Waals surface area (Å²) in [5.41, 5.74) is -0.514. The van der Waals surface area contributed by atoms with E-state index in [-0.39, 0.29) is 64.0 Å². The summed E-state index contributed by atoms with van der Waals surface area (Å²) in [7, 11) is 0. The Balaban J connectivity index is 4.73. The highest BCUT2D eigenvalue weighted by molar-refractivity contribution is 5.97. The van der Waals surface area contributed by atoms with Crippen LogP contribution in [0.2, 0.25) is 0 Å². The van der Waals surface area contributed by atoms with Crippen molar-refractivity contribution in [3.05, 3.63) is 24.3 Å². The molecule has 0 aromatic heterocycles. The molecule has 2 atom stereocenters. The van der Waals surface area contributed by atoms with E-state index < -0.39 is 60.5 Å². The minimum Gasteiger partial charge on any atom is -0.466 e. The van der Waals surface area contributed by atoms with Crippen LogP contribution < -0.4 is 0 Å². The Labute approximate surface area is 253 Å². The number of rotatable bonds is 24. The van der Waals surface area contributed by atoms with Crippen LogP contribution in [0.3, 0.4) is 0 Å². The monoisotopic (exact) mass is 614 g/mol. The Kier molecular flexibility index (Phi) is 21.7. The van der Waals surface area contributed by atoms with E-state index in [0.717, 1.165) is 0 Å². The average Bonchev–Trinajstić information content (AvgIpc) is 3.00.